The van der Waals surface area contributed by atoms with Gasteiger partial charge in [-0.1, -0.05) is 45.7 Å². The molecule has 3 aromatic rings. The average molecular weight is 490 g/mol. The van der Waals surface area contributed by atoms with Crippen LogP contribution in [0.4, 0.5) is 0 Å². The van der Waals surface area contributed by atoms with E-state index < -0.39 is 5.91 Å². The van der Waals surface area contributed by atoms with Gasteiger partial charge in [-0.3, -0.25) is 4.79 Å². The maximum Gasteiger partial charge on any atom is 0.275 e. The maximum atomic E-state index is 12.3. The van der Waals surface area contributed by atoms with E-state index in [1.807, 2.05) is 12.1 Å². The zero-order valence-corrected chi connectivity index (χ0v) is 18.3. The highest BCUT2D eigenvalue weighted by Gasteiger charge is 2.12. The van der Waals surface area contributed by atoms with Gasteiger partial charge in [0.05, 0.1) is 18.9 Å². The predicted octanol–water partition coefficient (Wildman–Crippen LogP) is 5.16. The Morgan fingerprint density at radius 2 is 1.97 bits per heavy atom. The van der Waals surface area contributed by atoms with Crippen molar-refractivity contribution in [2.75, 3.05) is 7.11 Å². The van der Waals surface area contributed by atoms with Crippen LogP contribution in [0.2, 0.25) is 5.02 Å². The molecule has 0 fully saturated rings. The zero-order chi connectivity index (χ0) is 21.5. The number of ether oxygens (including phenoxy) is 2. The molecule has 1 amide bonds. The van der Waals surface area contributed by atoms with Crippen LogP contribution in [0.5, 0.6) is 17.2 Å². The third kappa shape index (κ3) is 5.52. The number of aromatic hydroxyl groups is 1. The molecule has 8 heteroatoms. The van der Waals surface area contributed by atoms with Crippen LogP contribution in [-0.4, -0.2) is 24.3 Å². The van der Waals surface area contributed by atoms with Crippen molar-refractivity contribution in [3.05, 3.63) is 86.8 Å². The third-order valence-corrected chi connectivity index (χ3v) is 4.84. The minimum atomic E-state index is -0.545. The summed E-state index contributed by atoms with van der Waals surface area (Å²) >= 11 is 9.18. The Labute approximate surface area is 187 Å². The van der Waals surface area contributed by atoms with E-state index in [1.54, 1.807) is 43.5 Å². The summed E-state index contributed by atoms with van der Waals surface area (Å²) < 4.78 is 12.0. The number of methoxy groups -OCH3 is 1. The number of hydrogen-bond acceptors (Lipinski definition) is 5. The molecule has 0 atom stereocenters. The van der Waals surface area contributed by atoms with E-state index in [1.165, 1.54) is 18.3 Å². The molecule has 0 aliphatic carbocycles. The fourth-order valence-corrected chi connectivity index (χ4v) is 3.08. The largest absolute Gasteiger partial charge is 0.507 e. The molecule has 3 aromatic carbocycles. The minimum absolute atomic E-state index is 0.103. The van der Waals surface area contributed by atoms with Gasteiger partial charge in [0.15, 0.2) is 11.5 Å². The van der Waals surface area contributed by atoms with Crippen LogP contribution in [0.1, 0.15) is 21.5 Å². The highest BCUT2D eigenvalue weighted by atomic mass is 79.9. The number of phenolic OH excluding ortho intramolecular Hbond substituents is 1. The van der Waals surface area contributed by atoms with Gasteiger partial charge in [-0.15, -0.1) is 0 Å². The summed E-state index contributed by atoms with van der Waals surface area (Å²) in [5, 5.41) is 14.5. The van der Waals surface area contributed by atoms with Crippen molar-refractivity contribution in [1.82, 2.24) is 5.43 Å². The number of nitrogens with zero attached hydrogens (tertiary/aromatic N) is 1. The number of phenols is 1. The lowest BCUT2D eigenvalue weighted by molar-refractivity contribution is 0.0952. The molecule has 3 rings (SSSR count). The molecule has 0 bridgehead atoms. The Hall–Kier alpha value is -3.03. The number of benzene rings is 3. The summed E-state index contributed by atoms with van der Waals surface area (Å²) in [5.74, 6) is 0.331. The Morgan fingerprint density at radius 1 is 1.20 bits per heavy atom. The molecule has 154 valence electrons. The Balaban J connectivity index is 1.75. The van der Waals surface area contributed by atoms with E-state index >= 15 is 0 Å². The van der Waals surface area contributed by atoms with Crippen molar-refractivity contribution in [3.63, 3.8) is 0 Å². The summed E-state index contributed by atoms with van der Waals surface area (Å²) in [6, 6.07) is 17.2. The number of para-hydroxylation sites is 1. The summed E-state index contributed by atoms with van der Waals surface area (Å²) in [7, 11) is 1.54. The number of hydrazone groups is 1. The van der Waals surface area contributed by atoms with Gasteiger partial charge < -0.3 is 14.6 Å². The fourth-order valence-electron chi connectivity index (χ4n) is 2.60. The van der Waals surface area contributed by atoms with Gasteiger partial charge >= 0.3 is 0 Å². The summed E-state index contributed by atoms with van der Waals surface area (Å²) in [6.07, 6.45) is 1.45. The number of halogens is 2. The summed E-state index contributed by atoms with van der Waals surface area (Å²) in [6.45, 7) is 0.302. The predicted molar refractivity (Wildman–Crippen MR) is 120 cm³/mol. The lowest BCUT2D eigenvalue weighted by Gasteiger charge is -2.13. The molecular formula is C22H18BrClN2O4. The number of amides is 1. The van der Waals surface area contributed by atoms with Crippen LogP contribution in [0.25, 0.3) is 0 Å². The number of hydrogen-bond donors (Lipinski definition) is 2. The molecule has 0 aromatic heterocycles. The standard InChI is InChI=1S/C22H18BrClN2O4/c1-29-20-4-2-3-15(21(20)30-13-14-5-8-17(24)9-6-14)12-25-26-22(28)18-11-16(23)7-10-19(18)27/h2-12,27H,13H2,1H3,(H,26,28)/b25-12-. The van der Waals surface area contributed by atoms with E-state index in [0.29, 0.717) is 33.2 Å². The van der Waals surface area contributed by atoms with Gasteiger partial charge in [0, 0.05) is 15.1 Å². The molecule has 30 heavy (non-hydrogen) atoms. The second-order valence-corrected chi connectivity index (χ2v) is 7.51. The average Bonchev–Trinajstić information content (AvgIpc) is 2.75. The Bertz CT molecular complexity index is 1070. The van der Waals surface area contributed by atoms with Gasteiger partial charge in [0.2, 0.25) is 0 Å². The highest BCUT2D eigenvalue weighted by molar-refractivity contribution is 9.10. The van der Waals surface area contributed by atoms with E-state index in [0.717, 1.165) is 5.56 Å². The lowest BCUT2D eigenvalue weighted by atomic mass is 10.2. The molecule has 0 spiro atoms. The normalized spacial score (nSPS) is 10.8. The summed E-state index contributed by atoms with van der Waals surface area (Å²) in [4.78, 5) is 12.3. The Kier molecular flexibility index (Phi) is 7.32. The molecule has 0 saturated carbocycles. The molecule has 0 heterocycles. The smallest absolute Gasteiger partial charge is 0.275 e. The molecule has 0 unspecified atom stereocenters. The third-order valence-electron chi connectivity index (χ3n) is 4.10. The van der Waals surface area contributed by atoms with Crippen molar-refractivity contribution in [2.45, 2.75) is 6.61 Å². The second kappa shape index (κ2) is 10.1. The van der Waals surface area contributed by atoms with E-state index in [4.69, 9.17) is 21.1 Å². The van der Waals surface area contributed by atoms with Gasteiger partial charge in [-0.05, 0) is 48.0 Å². The highest BCUT2D eigenvalue weighted by Crippen LogP contribution is 2.31. The fraction of sp³-hybridized carbons (Fsp3) is 0.0909. The van der Waals surface area contributed by atoms with Crippen LogP contribution >= 0.6 is 27.5 Å². The van der Waals surface area contributed by atoms with Crippen LogP contribution in [0, 0.1) is 0 Å². The minimum Gasteiger partial charge on any atom is -0.507 e. The molecule has 0 aliphatic rings. The van der Waals surface area contributed by atoms with Crippen molar-refractivity contribution in [2.24, 2.45) is 5.10 Å². The quantitative estimate of drug-likeness (QED) is 0.355. The van der Waals surface area contributed by atoms with E-state index in [2.05, 4.69) is 26.5 Å². The number of carbonyl (C=O) groups is 1. The molecule has 2 N–H and O–H groups in total. The van der Waals surface area contributed by atoms with Gasteiger partial charge in [0.1, 0.15) is 12.4 Å². The second-order valence-electron chi connectivity index (χ2n) is 6.15. The molecule has 0 aliphatic heterocycles. The SMILES string of the molecule is COc1cccc(/C=N\NC(=O)c2cc(Br)ccc2O)c1OCc1ccc(Cl)cc1. The molecule has 0 saturated heterocycles. The van der Waals surface area contributed by atoms with E-state index in [-0.39, 0.29) is 11.3 Å². The van der Waals surface area contributed by atoms with Crippen LogP contribution in [-0.2, 0) is 6.61 Å². The summed E-state index contributed by atoms with van der Waals surface area (Å²) in [5.41, 5.74) is 4.05. The number of nitrogens with one attached hydrogen (secondary N) is 1. The molecular weight excluding hydrogens is 472 g/mol. The van der Waals surface area contributed by atoms with Crippen molar-refractivity contribution in [1.29, 1.82) is 0 Å². The maximum absolute atomic E-state index is 12.3. The molecule has 0 radical (unpaired) electrons. The first-order chi connectivity index (χ1) is 14.5. The zero-order valence-electron chi connectivity index (χ0n) is 15.9. The molecule has 6 nitrogen and oxygen atoms in total. The number of rotatable bonds is 7. The van der Waals surface area contributed by atoms with Crippen molar-refractivity contribution >= 4 is 39.7 Å². The van der Waals surface area contributed by atoms with E-state index in [9.17, 15) is 9.90 Å². The Morgan fingerprint density at radius 3 is 2.70 bits per heavy atom. The first-order valence-electron chi connectivity index (χ1n) is 8.84. The lowest BCUT2D eigenvalue weighted by Crippen LogP contribution is -2.17. The first kappa shape index (κ1) is 21.7. The van der Waals surface area contributed by atoms with Crippen molar-refractivity contribution in [3.8, 4) is 17.2 Å². The van der Waals surface area contributed by atoms with Crippen molar-refractivity contribution < 1.29 is 19.4 Å². The number of carbonyl (C=O) groups excluding carboxylic acids is 1. The van der Waals surface area contributed by atoms with Crippen LogP contribution in [0.3, 0.4) is 0 Å². The van der Waals surface area contributed by atoms with Gasteiger partial charge in [0.25, 0.3) is 5.91 Å². The topological polar surface area (TPSA) is 80.2 Å². The van der Waals surface area contributed by atoms with Crippen LogP contribution < -0.4 is 14.9 Å². The first-order valence-corrected chi connectivity index (χ1v) is 10.0. The monoisotopic (exact) mass is 488 g/mol. The van der Waals surface area contributed by atoms with Gasteiger partial charge in [-0.25, -0.2) is 5.43 Å². The van der Waals surface area contributed by atoms with Crippen LogP contribution in [0.15, 0.2) is 70.2 Å². The van der Waals surface area contributed by atoms with Gasteiger partial charge in [-0.2, -0.15) is 5.10 Å².